The molecule has 148 valence electrons. The molecule has 1 unspecified atom stereocenters. The molecule has 0 spiro atoms. The van der Waals surface area contributed by atoms with Crippen LogP contribution in [0.1, 0.15) is 17.2 Å². The second-order valence-corrected chi connectivity index (χ2v) is 6.35. The molecule has 28 heavy (non-hydrogen) atoms. The summed E-state index contributed by atoms with van der Waals surface area (Å²) < 4.78 is 21.9. The third-order valence-electron chi connectivity index (χ3n) is 4.65. The molecule has 0 aromatic heterocycles. The Bertz CT molecular complexity index is 809. The molecule has 2 aromatic carbocycles. The van der Waals surface area contributed by atoms with Crippen LogP contribution in [0.5, 0.6) is 17.2 Å². The number of benzene rings is 2. The molecular formula is C22H25NO5. The molecule has 0 N–H and O–H groups in total. The van der Waals surface area contributed by atoms with Gasteiger partial charge in [0.2, 0.25) is 11.7 Å². The van der Waals surface area contributed by atoms with E-state index in [1.54, 1.807) is 50.5 Å². The Balaban J connectivity index is 1.72. The highest BCUT2D eigenvalue weighted by atomic mass is 16.5. The first-order chi connectivity index (χ1) is 13.7. The highest BCUT2D eigenvalue weighted by Gasteiger charge is 2.24. The number of ether oxygens (including phenoxy) is 4. The van der Waals surface area contributed by atoms with Crippen LogP contribution in [0.15, 0.2) is 48.5 Å². The molecule has 0 bridgehead atoms. The van der Waals surface area contributed by atoms with Gasteiger partial charge in [-0.15, -0.1) is 0 Å². The first kappa shape index (κ1) is 19.8. The fourth-order valence-electron chi connectivity index (χ4n) is 3.19. The maximum Gasteiger partial charge on any atom is 0.246 e. The van der Waals surface area contributed by atoms with E-state index in [9.17, 15) is 4.79 Å². The highest BCUT2D eigenvalue weighted by molar-refractivity contribution is 5.92. The van der Waals surface area contributed by atoms with E-state index in [4.69, 9.17) is 18.9 Å². The highest BCUT2D eigenvalue weighted by Crippen LogP contribution is 2.38. The van der Waals surface area contributed by atoms with Gasteiger partial charge in [-0.2, -0.15) is 0 Å². The number of hydrogen-bond donors (Lipinski definition) is 0. The summed E-state index contributed by atoms with van der Waals surface area (Å²) in [6.45, 7) is 1.62. The van der Waals surface area contributed by atoms with Crippen molar-refractivity contribution < 1.29 is 23.7 Å². The summed E-state index contributed by atoms with van der Waals surface area (Å²) in [7, 11) is 4.68. The van der Waals surface area contributed by atoms with Crippen LogP contribution in [0.25, 0.3) is 6.08 Å². The lowest BCUT2D eigenvalue weighted by Crippen LogP contribution is -2.41. The summed E-state index contributed by atoms with van der Waals surface area (Å²) in [5.41, 5.74) is 1.87. The van der Waals surface area contributed by atoms with E-state index in [0.717, 1.165) is 11.1 Å². The topological polar surface area (TPSA) is 57.2 Å². The quantitative estimate of drug-likeness (QED) is 0.716. The van der Waals surface area contributed by atoms with E-state index < -0.39 is 0 Å². The van der Waals surface area contributed by atoms with Crippen LogP contribution in [-0.4, -0.2) is 51.8 Å². The van der Waals surface area contributed by atoms with Crippen molar-refractivity contribution in [2.45, 2.75) is 6.10 Å². The Labute approximate surface area is 165 Å². The number of morpholine rings is 1. The summed E-state index contributed by atoms with van der Waals surface area (Å²) >= 11 is 0. The standard InChI is InChI=1S/C22H25NO5/c1-25-18-13-16(14-19(26-2)22(18)27-3)9-10-21(24)23-11-12-28-20(15-23)17-7-5-4-6-8-17/h4-10,13-14,20H,11-12,15H2,1-3H3/b10-9+. The number of carbonyl (C=O) groups excluding carboxylic acids is 1. The molecule has 3 rings (SSSR count). The zero-order chi connectivity index (χ0) is 19.9. The number of rotatable bonds is 6. The van der Waals surface area contributed by atoms with Crippen LogP contribution in [-0.2, 0) is 9.53 Å². The minimum absolute atomic E-state index is 0.0574. The number of nitrogens with zero attached hydrogens (tertiary/aromatic N) is 1. The average Bonchev–Trinajstić information content (AvgIpc) is 2.77. The summed E-state index contributed by atoms with van der Waals surface area (Å²) in [4.78, 5) is 14.5. The zero-order valence-electron chi connectivity index (χ0n) is 16.4. The van der Waals surface area contributed by atoms with Crippen molar-refractivity contribution in [3.8, 4) is 17.2 Å². The Morgan fingerprint density at radius 3 is 2.36 bits per heavy atom. The van der Waals surface area contributed by atoms with E-state index in [2.05, 4.69) is 0 Å². The summed E-state index contributed by atoms with van der Waals surface area (Å²) in [6, 6.07) is 13.6. The second-order valence-electron chi connectivity index (χ2n) is 6.35. The molecule has 2 aromatic rings. The lowest BCUT2D eigenvalue weighted by Gasteiger charge is -2.32. The molecule has 1 atom stereocenters. The minimum atomic E-state index is -0.103. The van der Waals surface area contributed by atoms with Gasteiger partial charge < -0.3 is 23.8 Å². The van der Waals surface area contributed by atoms with Crippen LogP contribution >= 0.6 is 0 Å². The molecule has 1 saturated heterocycles. The molecule has 6 heteroatoms. The average molecular weight is 383 g/mol. The van der Waals surface area contributed by atoms with Gasteiger partial charge >= 0.3 is 0 Å². The number of amides is 1. The Morgan fingerprint density at radius 1 is 1.07 bits per heavy atom. The molecular weight excluding hydrogens is 358 g/mol. The number of methoxy groups -OCH3 is 3. The van der Waals surface area contributed by atoms with Gasteiger partial charge in [0.25, 0.3) is 0 Å². The third-order valence-corrected chi connectivity index (χ3v) is 4.65. The Morgan fingerprint density at radius 2 is 1.75 bits per heavy atom. The molecule has 0 aliphatic carbocycles. The minimum Gasteiger partial charge on any atom is -0.493 e. The predicted molar refractivity (Wildman–Crippen MR) is 107 cm³/mol. The molecule has 1 aliphatic heterocycles. The molecule has 1 heterocycles. The fourth-order valence-corrected chi connectivity index (χ4v) is 3.19. The molecule has 1 amide bonds. The van der Waals surface area contributed by atoms with Crippen molar-refractivity contribution in [2.75, 3.05) is 41.0 Å². The van der Waals surface area contributed by atoms with E-state index in [0.29, 0.717) is 36.9 Å². The maximum absolute atomic E-state index is 12.7. The maximum atomic E-state index is 12.7. The van der Waals surface area contributed by atoms with Crippen molar-refractivity contribution in [2.24, 2.45) is 0 Å². The molecule has 0 radical (unpaired) electrons. The smallest absolute Gasteiger partial charge is 0.246 e. The Hall–Kier alpha value is -2.99. The normalized spacial score (nSPS) is 16.8. The largest absolute Gasteiger partial charge is 0.493 e. The van der Waals surface area contributed by atoms with Crippen LogP contribution in [0.2, 0.25) is 0 Å². The molecule has 0 saturated carbocycles. The van der Waals surface area contributed by atoms with Gasteiger partial charge in [-0.25, -0.2) is 0 Å². The summed E-state index contributed by atoms with van der Waals surface area (Å²) in [6.07, 6.45) is 3.21. The van der Waals surface area contributed by atoms with Crippen LogP contribution in [0, 0.1) is 0 Å². The lowest BCUT2D eigenvalue weighted by molar-refractivity contribution is -0.133. The SMILES string of the molecule is COc1cc(/C=C/C(=O)N2CCOC(c3ccccc3)C2)cc(OC)c1OC. The van der Waals surface area contributed by atoms with Crippen LogP contribution < -0.4 is 14.2 Å². The Kier molecular flexibility index (Phi) is 6.55. The first-order valence-corrected chi connectivity index (χ1v) is 9.09. The summed E-state index contributed by atoms with van der Waals surface area (Å²) in [5, 5.41) is 0. The van der Waals surface area contributed by atoms with Gasteiger partial charge in [-0.05, 0) is 29.3 Å². The van der Waals surface area contributed by atoms with Crippen molar-refractivity contribution >= 4 is 12.0 Å². The summed E-state index contributed by atoms with van der Waals surface area (Å²) in [5.74, 6) is 1.55. The predicted octanol–water partition coefficient (Wildman–Crippen LogP) is 3.33. The van der Waals surface area contributed by atoms with Crippen LogP contribution in [0.4, 0.5) is 0 Å². The second kappa shape index (κ2) is 9.28. The lowest BCUT2D eigenvalue weighted by atomic mass is 10.1. The molecule has 1 aliphatic rings. The monoisotopic (exact) mass is 383 g/mol. The van der Waals surface area contributed by atoms with Gasteiger partial charge in [-0.3, -0.25) is 4.79 Å². The van der Waals surface area contributed by atoms with E-state index >= 15 is 0 Å². The van der Waals surface area contributed by atoms with Crippen molar-refractivity contribution in [3.05, 3.63) is 59.7 Å². The van der Waals surface area contributed by atoms with E-state index in [-0.39, 0.29) is 12.0 Å². The zero-order valence-corrected chi connectivity index (χ0v) is 16.4. The van der Waals surface area contributed by atoms with Gasteiger partial charge in [-0.1, -0.05) is 30.3 Å². The van der Waals surface area contributed by atoms with E-state index in [1.807, 2.05) is 30.3 Å². The van der Waals surface area contributed by atoms with E-state index in [1.165, 1.54) is 0 Å². The number of hydrogen-bond acceptors (Lipinski definition) is 5. The van der Waals surface area contributed by atoms with Crippen molar-refractivity contribution in [3.63, 3.8) is 0 Å². The fraction of sp³-hybridized carbons (Fsp3) is 0.318. The van der Waals surface area contributed by atoms with Crippen LogP contribution in [0.3, 0.4) is 0 Å². The number of carbonyl (C=O) groups is 1. The molecule has 1 fully saturated rings. The van der Waals surface area contributed by atoms with Crippen molar-refractivity contribution in [1.82, 2.24) is 4.90 Å². The molecule has 6 nitrogen and oxygen atoms in total. The van der Waals surface area contributed by atoms with Gasteiger partial charge in [0, 0.05) is 12.6 Å². The van der Waals surface area contributed by atoms with Gasteiger partial charge in [0.05, 0.1) is 34.5 Å². The van der Waals surface area contributed by atoms with Gasteiger partial charge in [0.15, 0.2) is 11.5 Å². The first-order valence-electron chi connectivity index (χ1n) is 9.09. The third kappa shape index (κ3) is 4.46. The van der Waals surface area contributed by atoms with Crippen molar-refractivity contribution in [1.29, 1.82) is 0 Å². The van der Waals surface area contributed by atoms with Gasteiger partial charge in [0.1, 0.15) is 6.10 Å².